The topological polar surface area (TPSA) is 46.5 Å². The molecule has 6 heteroatoms. The molecule has 98 valence electrons. The highest BCUT2D eigenvalue weighted by Crippen LogP contribution is 2.13. The molecule has 3 nitrogen and oxygen atoms in total. The Labute approximate surface area is 109 Å². The van der Waals surface area contributed by atoms with Crippen molar-refractivity contribution in [2.75, 3.05) is 0 Å². The molecular formula is C13H9F2NO2S. The molecule has 2 aromatic rings. The Morgan fingerprint density at radius 2 is 1.63 bits per heavy atom. The Kier molecular flexibility index (Phi) is 3.71. The molecule has 0 heterocycles. The van der Waals surface area contributed by atoms with Crippen LogP contribution in [0.1, 0.15) is 5.56 Å². The normalized spacial score (nSPS) is 11.9. The average molecular weight is 281 g/mol. The zero-order valence-electron chi connectivity index (χ0n) is 9.62. The van der Waals surface area contributed by atoms with Crippen LogP contribution in [0.15, 0.2) is 57.8 Å². The summed E-state index contributed by atoms with van der Waals surface area (Å²) in [5, 5.41) is 0. The van der Waals surface area contributed by atoms with Crippen molar-refractivity contribution in [3.8, 4) is 0 Å². The average Bonchev–Trinajstić information content (AvgIpc) is 2.38. The lowest BCUT2D eigenvalue weighted by Crippen LogP contribution is -1.98. The molecule has 0 spiro atoms. The minimum atomic E-state index is -3.96. The van der Waals surface area contributed by atoms with Gasteiger partial charge in [-0.3, -0.25) is 0 Å². The number of hydrogen-bond acceptors (Lipinski definition) is 2. The quantitative estimate of drug-likeness (QED) is 0.812. The Balaban J connectivity index is 2.29. The van der Waals surface area contributed by atoms with Crippen LogP contribution in [-0.2, 0) is 10.0 Å². The predicted octanol–water partition coefficient (Wildman–Crippen LogP) is 2.77. The van der Waals surface area contributed by atoms with Crippen LogP contribution in [-0.4, -0.2) is 14.6 Å². The van der Waals surface area contributed by atoms with Gasteiger partial charge in [-0.25, -0.2) is 8.78 Å². The van der Waals surface area contributed by atoms with E-state index in [1.807, 2.05) is 0 Å². The summed E-state index contributed by atoms with van der Waals surface area (Å²) >= 11 is 0. The number of benzene rings is 2. The van der Waals surface area contributed by atoms with Crippen LogP contribution in [0, 0.1) is 11.6 Å². The van der Waals surface area contributed by atoms with E-state index in [1.54, 1.807) is 0 Å². The molecule has 0 radical (unpaired) electrons. The molecule has 19 heavy (non-hydrogen) atoms. The summed E-state index contributed by atoms with van der Waals surface area (Å²) in [5.74, 6) is -1.08. The summed E-state index contributed by atoms with van der Waals surface area (Å²) in [6, 6.07) is 9.72. The molecule has 0 aliphatic rings. The third kappa shape index (κ3) is 3.45. The van der Waals surface area contributed by atoms with Gasteiger partial charge in [0.25, 0.3) is 10.0 Å². The van der Waals surface area contributed by atoms with Crippen LogP contribution in [0.3, 0.4) is 0 Å². The minimum absolute atomic E-state index is 0.231. The van der Waals surface area contributed by atoms with Crippen LogP contribution < -0.4 is 0 Å². The highest BCUT2D eigenvalue weighted by atomic mass is 32.2. The standard InChI is InChI=1S/C13H9F2NO2S/c14-11-6-4-10(5-7-11)9-16-19(17,18)13-3-1-2-12(15)8-13/h1-9H/b16-9+. The van der Waals surface area contributed by atoms with E-state index in [4.69, 9.17) is 0 Å². The fourth-order valence-electron chi connectivity index (χ4n) is 1.37. The lowest BCUT2D eigenvalue weighted by Gasteiger charge is -1.98. The zero-order chi connectivity index (χ0) is 13.9. The summed E-state index contributed by atoms with van der Waals surface area (Å²) in [6.07, 6.45) is 1.08. The molecule has 0 amide bonds. The molecule has 2 rings (SSSR count). The van der Waals surface area contributed by atoms with Gasteiger partial charge in [0.05, 0.1) is 4.90 Å². The summed E-state index contributed by atoms with van der Waals surface area (Å²) in [5.41, 5.74) is 0.432. The van der Waals surface area contributed by atoms with E-state index in [1.165, 1.54) is 36.4 Å². The molecule has 0 aromatic heterocycles. The van der Waals surface area contributed by atoms with E-state index < -0.39 is 21.7 Å². The number of nitrogens with zero attached hydrogens (tertiary/aromatic N) is 1. The summed E-state index contributed by atoms with van der Waals surface area (Å²) in [6.45, 7) is 0. The third-order valence-electron chi connectivity index (χ3n) is 2.30. The van der Waals surface area contributed by atoms with E-state index in [-0.39, 0.29) is 4.90 Å². The monoisotopic (exact) mass is 281 g/mol. The van der Waals surface area contributed by atoms with Gasteiger partial charge in [0.15, 0.2) is 0 Å². The van der Waals surface area contributed by atoms with Crippen molar-refractivity contribution in [2.45, 2.75) is 4.90 Å². The second-order valence-electron chi connectivity index (χ2n) is 3.72. The van der Waals surface area contributed by atoms with Gasteiger partial charge >= 0.3 is 0 Å². The van der Waals surface area contributed by atoms with E-state index >= 15 is 0 Å². The molecule has 2 aromatic carbocycles. The van der Waals surface area contributed by atoms with Gasteiger partial charge in [0.1, 0.15) is 11.6 Å². The fourth-order valence-corrected chi connectivity index (χ4v) is 2.26. The van der Waals surface area contributed by atoms with Crippen molar-refractivity contribution < 1.29 is 17.2 Å². The fraction of sp³-hybridized carbons (Fsp3) is 0. The minimum Gasteiger partial charge on any atom is -0.207 e. The van der Waals surface area contributed by atoms with Crippen molar-refractivity contribution in [1.82, 2.24) is 0 Å². The first-order valence-corrected chi connectivity index (χ1v) is 6.73. The van der Waals surface area contributed by atoms with E-state index in [0.717, 1.165) is 18.3 Å². The van der Waals surface area contributed by atoms with Crippen molar-refractivity contribution in [3.63, 3.8) is 0 Å². The molecule has 0 fully saturated rings. The molecule has 0 unspecified atom stereocenters. The molecular weight excluding hydrogens is 272 g/mol. The van der Waals surface area contributed by atoms with E-state index in [0.29, 0.717) is 5.56 Å². The maximum absolute atomic E-state index is 12.9. The Morgan fingerprint density at radius 1 is 0.947 bits per heavy atom. The summed E-state index contributed by atoms with van der Waals surface area (Å²) < 4.78 is 52.6. The first-order valence-electron chi connectivity index (χ1n) is 5.29. The van der Waals surface area contributed by atoms with Crippen molar-refractivity contribution >= 4 is 16.2 Å². The maximum Gasteiger partial charge on any atom is 0.282 e. The molecule has 0 saturated carbocycles. The number of rotatable bonds is 3. The van der Waals surface area contributed by atoms with Gasteiger partial charge in [-0.05, 0) is 35.9 Å². The van der Waals surface area contributed by atoms with Crippen LogP contribution in [0.2, 0.25) is 0 Å². The lowest BCUT2D eigenvalue weighted by molar-refractivity contribution is 0.592. The molecule has 0 N–H and O–H groups in total. The highest BCUT2D eigenvalue weighted by molar-refractivity contribution is 7.90. The van der Waals surface area contributed by atoms with Crippen LogP contribution in [0.4, 0.5) is 8.78 Å². The van der Waals surface area contributed by atoms with Crippen molar-refractivity contribution in [3.05, 3.63) is 65.7 Å². The SMILES string of the molecule is O=S(=O)(/N=C/c1ccc(F)cc1)c1cccc(F)c1. The third-order valence-corrected chi connectivity index (χ3v) is 3.54. The summed E-state index contributed by atoms with van der Waals surface area (Å²) in [7, 11) is -3.96. The molecule has 0 atom stereocenters. The number of sulfonamides is 1. The first kappa shape index (κ1) is 13.4. The Hall–Kier alpha value is -2.08. The van der Waals surface area contributed by atoms with Crippen LogP contribution in [0.25, 0.3) is 0 Å². The Bertz CT molecular complexity index is 710. The zero-order valence-corrected chi connectivity index (χ0v) is 10.4. The largest absolute Gasteiger partial charge is 0.282 e. The van der Waals surface area contributed by atoms with Crippen molar-refractivity contribution in [1.29, 1.82) is 0 Å². The smallest absolute Gasteiger partial charge is 0.207 e. The van der Waals surface area contributed by atoms with Gasteiger partial charge in [0, 0.05) is 6.21 Å². The molecule has 0 aliphatic carbocycles. The van der Waals surface area contributed by atoms with Crippen LogP contribution in [0.5, 0.6) is 0 Å². The second-order valence-corrected chi connectivity index (χ2v) is 5.35. The van der Waals surface area contributed by atoms with Crippen LogP contribution >= 0.6 is 0 Å². The van der Waals surface area contributed by atoms with E-state index in [2.05, 4.69) is 4.40 Å². The van der Waals surface area contributed by atoms with E-state index in [9.17, 15) is 17.2 Å². The molecule has 0 aliphatic heterocycles. The maximum atomic E-state index is 12.9. The first-order chi connectivity index (χ1) is 8.97. The molecule has 0 saturated heterocycles. The predicted molar refractivity (Wildman–Crippen MR) is 67.6 cm³/mol. The molecule has 0 bridgehead atoms. The lowest BCUT2D eigenvalue weighted by atomic mass is 10.2. The van der Waals surface area contributed by atoms with Crippen molar-refractivity contribution in [2.24, 2.45) is 4.40 Å². The van der Waals surface area contributed by atoms with Gasteiger partial charge in [-0.1, -0.05) is 18.2 Å². The second kappa shape index (κ2) is 5.27. The Morgan fingerprint density at radius 3 is 2.26 bits per heavy atom. The van der Waals surface area contributed by atoms with Gasteiger partial charge in [0.2, 0.25) is 0 Å². The van der Waals surface area contributed by atoms with Gasteiger partial charge in [-0.15, -0.1) is 0 Å². The summed E-state index contributed by atoms with van der Waals surface area (Å²) in [4.78, 5) is -0.231. The number of hydrogen-bond donors (Lipinski definition) is 0. The highest BCUT2D eigenvalue weighted by Gasteiger charge is 2.12. The number of halogens is 2. The van der Waals surface area contributed by atoms with Gasteiger partial charge in [-0.2, -0.15) is 12.8 Å². The van der Waals surface area contributed by atoms with Gasteiger partial charge < -0.3 is 0 Å².